The van der Waals surface area contributed by atoms with Gasteiger partial charge in [0.15, 0.2) is 5.78 Å². The summed E-state index contributed by atoms with van der Waals surface area (Å²) in [5, 5.41) is 1.58. The number of pyridine rings is 1. The second-order valence-electron chi connectivity index (χ2n) is 9.01. The number of aromatic nitrogens is 1. The van der Waals surface area contributed by atoms with Crippen LogP contribution in [0.1, 0.15) is 35.2 Å². The van der Waals surface area contributed by atoms with Crippen LogP contribution in [0.2, 0.25) is 0 Å². The molecular formula is C28H27F3N4O3. The van der Waals surface area contributed by atoms with Crippen LogP contribution in [0.3, 0.4) is 0 Å². The molecule has 1 aliphatic heterocycles. The number of carbonyl (C=O) groups is 3. The first-order valence-corrected chi connectivity index (χ1v) is 12.3. The summed E-state index contributed by atoms with van der Waals surface area (Å²) >= 11 is 0. The molecule has 0 spiro atoms. The van der Waals surface area contributed by atoms with Crippen molar-refractivity contribution in [2.45, 2.75) is 32.0 Å². The first-order chi connectivity index (χ1) is 18.2. The summed E-state index contributed by atoms with van der Waals surface area (Å²) in [6, 6.07) is 17.6. The van der Waals surface area contributed by atoms with Crippen LogP contribution in [0.15, 0.2) is 73.1 Å². The summed E-state index contributed by atoms with van der Waals surface area (Å²) in [6.45, 7) is 0.835. The molecule has 1 saturated heterocycles. The monoisotopic (exact) mass is 524 g/mol. The van der Waals surface area contributed by atoms with Crippen molar-refractivity contribution in [2.75, 3.05) is 24.5 Å². The van der Waals surface area contributed by atoms with Gasteiger partial charge in [-0.05, 0) is 54.2 Å². The van der Waals surface area contributed by atoms with E-state index in [-0.39, 0.29) is 18.1 Å². The number of nitrogens with zero attached hydrogens (tertiary/aromatic N) is 3. The second-order valence-corrected chi connectivity index (χ2v) is 9.01. The van der Waals surface area contributed by atoms with E-state index in [1.807, 2.05) is 41.3 Å². The van der Waals surface area contributed by atoms with Gasteiger partial charge in [0.2, 0.25) is 0 Å². The number of hydrogen-bond donors (Lipinski definition) is 1. The Hall–Kier alpha value is -4.21. The number of nitrogens with one attached hydrogen (secondary N) is 1. The highest BCUT2D eigenvalue weighted by Crippen LogP contribution is 2.26. The van der Waals surface area contributed by atoms with Crippen LogP contribution in [-0.4, -0.2) is 53.4 Å². The van der Waals surface area contributed by atoms with Crippen molar-refractivity contribution >= 4 is 23.4 Å². The lowest BCUT2D eigenvalue weighted by molar-refractivity contribution is -0.173. The molecule has 2 aromatic carbocycles. The number of urea groups is 1. The third-order valence-corrected chi connectivity index (χ3v) is 6.31. The summed E-state index contributed by atoms with van der Waals surface area (Å²) in [5.41, 5.74) is 3.53. The van der Waals surface area contributed by atoms with E-state index in [0.29, 0.717) is 18.8 Å². The smallest absolute Gasteiger partial charge is 0.341 e. The van der Waals surface area contributed by atoms with Gasteiger partial charge in [-0.2, -0.15) is 13.2 Å². The molecule has 1 fully saturated rings. The summed E-state index contributed by atoms with van der Waals surface area (Å²) in [7, 11) is 0. The fourth-order valence-corrected chi connectivity index (χ4v) is 4.23. The van der Waals surface area contributed by atoms with Crippen LogP contribution in [-0.2, 0) is 11.3 Å². The Morgan fingerprint density at radius 1 is 0.895 bits per heavy atom. The number of anilines is 1. The molecule has 10 heteroatoms. The van der Waals surface area contributed by atoms with Gasteiger partial charge in [0.05, 0.1) is 13.1 Å². The highest BCUT2D eigenvalue weighted by Gasteiger charge is 2.38. The standard InChI is InChI=1S/C28H27F3N4O3/c29-28(30,31)26(37)33-18-25(36)22-8-6-20(7-9-22)19-35(27(38)34-15-2-1-3-16-34)24-12-10-21(11-13-24)23-5-4-14-32-17-23/h4-14,17H,1-3,15-16,18-19H2,(H,33,37). The molecule has 2 heterocycles. The van der Waals surface area contributed by atoms with Crippen LogP contribution in [0.25, 0.3) is 11.1 Å². The van der Waals surface area contributed by atoms with Crippen molar-refractivity contribution in [3.8, 4) is 11.1 Å². The topological polar surface area (TPSA) is 82.6 Å². The SMILES string of the molecule is O=C(CNC(=O)C(F)(F)F)c1ccc(CN(C(=O)N2CCCCC2)c2ccc(-c3cccnc3)cc2)cc1. The summed E-state index contributed by atoms with van der Waals surface area (Å²) < 4.78 is 37.1. The minimum Gasteiger partial charge on any atom is -0.341 e. The van der Waals surface area contributed by atoms with Crippen LogP contribution in [0, 0.1) is 0 Å². The number of alkyl halides is 3. The Labute approximate surface area is 218 Å². The number of carbonyl (C=O) groups excluding carboxylic acids is 3. The Morgan fingerprint density at radius 3 is 2.18 bits per heavy atom. The third kappa shape index (κ3) is 6.76. The lowest BCUT2D eigenvalue weighted by Gasteiger charge is -2.33. The van der Waals surface area contributed by atoms with Gasteiger partial charge < -0.3 is 10.2 Å². The largest absolute Gasteiger partial charge is 0.471 e. The van der Waals surface area contributed by atoms with Crippen LogP contribution >= 0.6 is 0 Å². The third-order valence-electron chi connectivity index (χ3n) is 6.31. The predicted molar refractivity (Wildman–Crippen MR) is 137 cm³/mol. The molecule has 0 atom stereocenters. The van der Waals surface area contributed by atoms with Gasteiger partial charge in [-0.15, -0.1) is 0 Å². The molecule has 1 N–H and O–H groups in total. The van der Waals surface area contributed by atoms with E-state index in [4.69, 9.17) is 0 Å². The predicted octanol–water partition coefficient (Wildman–Crippen LogP) is 5.22. The van der Waals surface area contributed by atoms with Gasteiger partial charge in [-0.1, -0.05) is 42.5 Å². The molecule has 0 saturated carbocycles. The van der Waals surface area contributed by atoms with E-state index in [0.717, 1.165) is 36.0 Å². The van der Waals surface area contributed by atoms with Gasteiger partial charge >= 0.3 is 18.1 Å². The molecule has 0 radical (unpaired) electrons. The number of halogens is 3. The van der Waals surface area contributed by atoms with Crippen molar-refractivity contribution in [3.63, 3.8) is 0 Å². The van der Waals surface area contributed by atoms with E-state index < -0.39 is 24.4 Å². The number of Topliss-reactive ketones (excluding diaryl/α,β-unsaturated/α-hetero) is 1. The number of rotatable bonds is 7. The zero-order chi connectivity index (χ0) is 27.1. The molecule has 1 aliphatic rings. The van der Waals surface area contributed by atoms with E-state index in [1.54, 1.807) is 34.7 Å². The number of amides is 3. The number of ketones is 1. The maximum Gasteiger partial charge on any atom is 0.471 e. The quantitative estimate of drug-likeness (QED) is 0.430. The number of likely N-dealkylation sites (tertiary alicyclic amines) is 1. The van der Waals surface area contributed by atoms with Crippen LogP contribution in [0.4, 0.5) is 23.7 Å². The molecule has 38 heavy (non-hydrogen) atoms. The maximum atomic E-state index is 13.5. The zero-order valence-electron chi connectivity index (χ0n) is 20.6. The van der Waals surface area contributed by atoms with Crippen LogP contribution in [0.5, 0.6) is 0 Å². The Morgan fingerprint density at radius 2 is 1.58 bits per heavy atom. The highest BCUT2D eigenvalue weighted by molar-refractivity contribution is 6.00. The molecule has 4 rings (SSSR count). The first kappa shape index (κ1) is 26.8. The molecule has 0 bridgehead atoms. The van der Waals surface area contributed by atoms with Crippen molar-refractivity contribution < 1.29 is 27.6 Å². The molecule has 0 aliphatic carbocycles. The molecule has 0 unspecified atom stereocenters. The van der Waals surface area contributed by atoms with Crippen molar-refractivity contribution in [1.29, 1.82) is 0 Å². The highest BCUT2D eigenvalue weighted by atomic mass is 19.4. The Kier molecular flexibility index (Phi) is 8.40. The second kappa shape index (κ2) is 11.9. The molecule has 198 valence electrons. The average Bonchev–Trinajstić information content (AvgIpc) is 2.95. The van der Waals surface area contributed by atoms with Gasteiger partial charge in [-0.25, -0.2) is 4.79 Å². The summed E-state index contributed by atoms with van der Waals surface area (Å²) in [6.07, 6.45) is 1.40. The normalized spacial score (nSPS) is 13.6. The van der Waals surface area contributed by atoms with Gasteiger partial charge in [0.1, 0.15) is 0 Å². The van der Waals surface area contributed by atoms with E-state index in [2.05, 4.69) is 4.98 Å². The fraction of sp³-hybridized carbons (Fsp3) is 0.286. The van der Waals surface area contributed by atoms with E-state index >= 15 is 0 Å². The van der Waals surface area contributed by atoms with Gasteiger partial charge in [0.25, 0.3) is 0 Å². The lowest BCUT2D eigenvalue weighted by Crippen LogP contribution is -2.45. The average molecular weight is 525 g/mol. The summed E-state index contributed by atoms with van der Waals surface area (Å²) in [5.74, 6) is -2.81. The van der Waals surface area contributed by atoms with Gasteiger partial charge in [-0.3, -0.25) is 19.5 Å². The molecule has 3 aromatic rings. The molecule has 3 amide bonds. The number of piperidine rings is 1. The maximum absolute atomic E-state index is 13.5. The summed E-state index contributed by atoms with van der Waals surface area (Å²) in [4.78, 5) is 44.4. The number of hydrogen-bond acceptors (Lipinski definition) is 4. The van der Waals surface area contributed by atoms with Crippen LogP contribution < -0.4 is 10.2 Å². The zero-order valence-corrected chi connectivity index (χ0v) is 20.6. The van der Waals surface area contributed by atoms with Gasteiger partial charge in [0, 0.05) is 36.7 Å². The lowest BCUT2D eigenvalue weighted by atomic mass is 10.1. The van der Waals surface area contributed by atoms with Crippen molar-refractivity contribution in [2.24, 2.45) is 0 Å². The van der Waals surface area contributed by atoms with Crippen molar-refractivity contribution in [1.82, 2.24) is 15.2 Å². The number of benzene rings is 2. The van der Waals surface area contributed by atoms with E-state index in [1.165, 1.54) is 12.1 Å². The van der Waals surface area contributed by atoms with Crippen molar-refractivity contribution in [3.05, 3.63) is 84.2 Å². The minimum atomic E-state index is -5.05. The Bertz CT molecular complexity index is 1260. The fourth-order valence-electron chi connectivity index (χ4n) is 4.23. The molecular weight excluding hydrogens is 497 g/mol. The molecule has 1 aromatic heterocycles. The van der Waals surface area contributed by atoms with E-state index in [9.17, 15) is 27.6 Å². The minimum absolute atomic E-state index is 0.117. The molecule has 7 nitrogen and oxygen atoms in total. The first-order valence-electron chi connectivity index (χ1n) is 12.3. The Balaban J connectivity index is 1.50.